The van der Waals surface area contributed by atoms with Crippen molar-refractivity contribution in [2.45, 2.75) is 17.0 Å². The molecule has 100 valence electrons. The van der Waals surface area contributed by atoms with Gasteiger partial charge in [0.1, 0.15) is 12.1 Å². The van der Waals surface area contributed by atoms with Crippen molar-refractivity contribution in [2.24, 2.45) is 0 Å². The number of oxazole rings is 1. The number of nitrogens with zero attached hydrogens (tertiary/aromatic N) is 1. The van der Waals surface area contributed by atoms with Gasteiger partial charge in [-0.05, 0) is 30.8 Å². The third kappa shape index (κ3) is 2.87. The molecule has 0 radical (unpaired) electrons. The van der Waals surface area contributed by atoms with E-state index < -0.39 is 11.8 Å². The minimum Gasteiger partial charge on any atom is -0.465 e. The fraction of sp³-hybridized carbons (Fsp3) is 0.167. The van der Waals surface area contributed by atoms with Gasteiger partial charge in [-0.2, -0.15) is 0 Å². The van der Waals surface area contributed by atoms with Crippen molar-refractivity contribution in [1.29, 1.82) is 0 Å². The van der Waals surface area contributed by atoms with Gasteiger partial charge in [-0.3, -0.25) is 0 Å². The summed E-state index contributed by atoms with van der Waals surface area (Å²) in [5.41, 5.74) is 6.39. The first-order valence-corrected chi connectivity index (χ1v) is 6.10. The number of nitrogen functional groups attached to an aromatic ring is 1. The Morgan fingerprint density at radius 3 is 2.84 bits per heavy atom. The van der Waals surface area contributed by atoms with Crippen molar-refractivity contribution < 1.29 is 18.3 Å². The standard InChI is InChI=1S/C12H11FN2O3S/c1-6-5-18-12(15-6)19-10-3-7(11(16)17-2)9(14)4-8(10)13/h3-5H,14H2,1-2H3. The Bertz CT molecular complexity index is 627. The van der Waals surface area contributed by atoms with Gasteiger partial charge in [0.25, 0.3) is 5.22 Å². The molecule has 2 aromatic rings. The van der Waals surface area contributed by atoms with Gasteiger partial charge in [0.15, 0.2) is 0 Å². The molecule has 1 aromatic heterocycles. The normalized spacial score (nSPS) is 10.5. The summed E-state index contributed by atoms with van der Waals surface area (Å²) in [6.45, 7) is 1.76. The Kier molecular flexibility index (Phi) is 3.75. The van der Waals surface area contributed by atoms with Gasteiger partial charge in [0, 0.05) is 5.69 Å². The monoisotopic (exact) mass is 282 g/mol. The molecule has 1 heterocycles. The lowest BCUT2D eigenvalue weighted by atomic mass is 10.2. The van der Waals surface area contributed by atoms with E-state index in [0.717, 1.165) is 17.8 Å². The van der Waals surface area contributed by atoms with E-state index in [1.165, 1.54) is 19.4 Å². The van der Waals surface area contributed by atoms with Crippen molar-refractivity contribution in [3.8, 4) is 0 Å². The number of hydrogen-bond acceptors (Lipinski definition) is 6. The van der Waals surface area contributed by atoms with Crippen LogP contribution in [-0.2, 0) is 4.74 Å². The lowest BCUT2D eigenvalue weighted by Crippen LogP contribution is -2.06. The van der Waals surface area contributed by atoms with E-state index in [1.807, 2.05) is 0 Å². The Morgan fingerprint density at radius 1 is 1.53 bits per heavy atom. The summed E-state index contributed by atoms with van der Waals surface area (Å²) in [7, 11) is 1.23. The fourth-order valence-electron chi connectivity index (χ4n) is 1.41. The highest BCUT2D eigenvalue weighted by atomic mass is 32.2. The predicted molar refractivity (Wildman–Crippen MR) is 67.5 cm³/mol. The predicted octanol–water partition coefficient (Wildman–Crippen LogP) is 2.64. The summed E-state index contributed by atoms with van der Waals surface area (Å²) in [4.78, 5) is 15.7. The molecular weight excluding hydrogens is 271 g/mol. The van der Waals surface area contributed by atoms with Crippen LogP contribution < -0.4 is 5.73 Å². The number of benzene rings is 1. The summed E-state index contributed by atoms with van der Waals surface area (Å²) >= 11 is 0.970. The molecule has 0 saturated carbocycles. The largest absolute Gasteiger partial charge is 0.465 e. The number of aromatic nitrogens is 1. The molecule has 19 heavy (non-hydrogen) atoms. The number of halogens is 1. The maximum Gasteiger partial charge on any atom is 0.339 e. The van der Waals surface area contributed by atoms with E-state index in [-0.39, 0.29) is 21.4 Å². The second kappa shape index (κ2) is 5.31. The minimum absolute atomic E-state index is 0.0253. The molecule has 0 atom stereocenters. The van der Waals surface area contributed by atoms with Crippen LogP contribution in [0.25, 0.3) is 0 Å². The molecule has 0 bridgehead atoms. The van der Waals surface area contributed by atoms with Crippen LogP contribution in [0.15, 0.2) is 32.9 Å². The van der Waals surface area contributed by atoms with Gasteiger partial charge in [0.2, 0.25) is 0 Å². The third-order valence-corrected chi connectivity index (χ3v) is 3.20. The molecular formula is C12H11FN2O3S. The van der Waals surface area contributed by atoms with Crippen LogP contribution in [-0.4, -0.2) is 18.1 Å². The van der Waals surface area contributed by atoms with Crippen LogP contribution in [0.1, 0.15) is 16.1 Å². The molecule has 0 unspecified atom stereocenters. The number of ether oxygens (including phenoxy) is 1. The first-order valence-electron chi connectivity index (χ1n) is 5.28. The van der Waals surface area contributed by atoms with Crippen LogP contribution in [0.2, 0.25) is 0 Å². The molecule has 0 saturated heterocycles. The fourth-order valence-corrected chi connectivity index (χ4v) is 2.21. The number of rotatable bonds is 3. The first-order chi connectivity index (χ1) is 9.01. The van der Waals surface area contributed by atoms with E-state index in [4.69, 9.17) is 10.2 Å². The van der Waals surface area contributed by atoms with Gasteiger partial charge in [-0.25, -0.2) is 14.2 Å². The maximum atomic E-state index is 13.8. The number of nitrogens with two attached hydrogens (primary N) is 1. The second-order valence-electron chi connectivity index (χ2n) is 3.72. The maximum absolute atomic E-state index is 13.8. The van der Waals surface area contributed by atoms with Crippen LogP contribution in [0, 0.1) is 12.7 Å². The Labute approximate surface area is 113 Å². The van der Waals surface area contributed by atoms with Crippen LogP contribution >= 0.6 is 11.8 Å². The Morgan fingerprint density at radius 2 is 2.26 bits per heavy atom. The molecule has 1 aromatic carbocycles. The molecule has 2 rings (SSSR count). The lowest BCUT2D eigenvalue weighted by molar-refractivity contribution is 0.0601. The number of anilines is 1. The molecule has 0 aliphatic rings. The van der Waals surface area contributed by atoms with E-state index in [9.17, 15) is 9.18 Å². The van der Waals surface area contributed by atoms with Crippen molar-refractivity contribution in [1.82, 2.24) is 4.98 Å². The first kappa shape index (κ1) is 13.4. The van der Waals surface area contributed by atoms with Crippen molar-refractivity contribution >= 4 is 23.4 Å². The van der Waals surface area contributed by atoms with Crippen molar-refractivity contribution in [2.75, 3.05) is 12.8 Å². The Balaban J connectivity index is 2.37. The van der Waals surface area contributed by atoms with Crippen molar-refractivity contribution in [3.05, 3.63) is 35.5 Å². The number of methoxy groups -OCH3 is 1. The van der Waals surface area contributed by atoms with E-state index >= 15 is 0 Å². The Hall–Kier alpha value is -2.02. The molecule has 0 aliphatic carbocycles. The molecule has 7 heteroatoms. The number of aryl methyl sites for hydroxylation is 1. The average molecular weight is 282 g/mol. The van der Waals surface area contributed by atoms with Crippen LogP contribution in [0.5, 0.6) is 0 Å². The molecule has 0 aliphatic heterocycles. The summed E-state index contributed by atoms with van der Waals surface area (Å²) in [5, 5.41) is 0.289. The van der Waals surface area contributed by atoms with Gasteiger partial charge < -0.3 is 14.9 Å². The third-order valence-electron chi connectivity index (χ3n) is 2.30. The molecule has 0 amide bonds. The average Bonchev–Trinajstić information content (AvgIpc) is 2.77. The highest BCUT2D eigenvalue weighted by Gasteiger charge is 2.16. The highest BCUT2D eigenvalue weighted by Crippen LogP contribution is 2.32. The molecule has 0 fully saturated rings. The zero-order chi connectivity index (χ0) is 14.0. The summed E-state index contributed by atoms with van der Waals surface area (Å²) in [6, 6.07) is 2.39. The number of carbonyl (C=O) groups excluding carboxylic acids is 1. The molecule has 2 N–H and O–H groups in total. The smallest absolute Gasteiger partial charge is 0.339 e. The van der Waals surface area contributed by atoms with Crippen LogP contribution in [0.3, 0.4) is 0 Å². The minimum atomic E-state index is -0.622. The number of hydrogen-bond donors (Lipinski definition) is 1. The number of carbonyl (C=O) groups is 1. The highest BCUT2D eigenvalue weighted by molar-refractivity contribution is 7.99. The summed E-state index contributed by atoms with van der Waals surface area (Å²) in [6.07, 6.45) is 1.46. The van der Waals surface area contributed by atoms with Gasteiger partial charge in [-0.1, -0.05) is 0 Å². The zero-order valence-corrected chi connectivity index (χ0v) is 11.1. The summed E-state index contributed by atoms with van der Waals surface area (Å²) in [5.74, 6) is -1.17. The topological polar surface area (TPSA) is 78.3 Å². The number of esters is 1. The molecule has 0 spiro atoms. The van der Waals surface area contributed by atoms with Crippen molar-refractivity contribution in [3.63, 3.8) is 0 Å². The zero-order valence-electron chi connectivity index (χ0n) is 10.3. The van der Waals surface area contributed by atoms with Gasteiger partial charge in [-0.15, -0.1) is 0 Å². The SMILES string of the molecule is COC(=O)c1cc(Sc2nc(C)co2)c(F)cc1N. The van der Waals surface area contributed by atoms with Gasteiger partial charge >= 0.3 is 5.97 Å². The lowest BCUT2D eigenvalue weighted by Gasteiger charge is -2.07. The van der Waals surface area contributed by atoms with E-state index in [2.05, 4.69) is 9.72 Å². The summed E-state index contributed by atoms with van der Waals surface area (Å²) < 4.78 is 23.5. The molecule has 5 nitrogen and oxygen atoms in total. The van der Waals surface area contributed by atoms with E-state index in [0.29, 0.717) is 5.69 Å². The van der Waals surface area contributed by atoms with Gasteiger partial charge in [0.05, 0.1) is 23.3 Å². The second-order valence-corrected chi connectivity index (χ2v) is 4.71. The van der Waals surface area contributed by atoms with Crippen LogP contribution in [0.4, 0.5) is 10.1 Å². The van der Waals surface area contributed by atoms with E-state index in [1.54, 1.807) is 6.92 Å². The quantitative estimate of drug-likeness (QED) is 0.688.